The van der Waals surface area contributed by atoms with Crippen molar-refractivity contribution in [3.8, 4) is 0 Å². The smallest absolute Gasteiger partial charge is 0.464 e. The molecule has 7 nitrogen and oxygen atoms in total. The largest absolute Gasteiger partial charge is 0.497 e. The van der Waals surface area contributed by atoms with E-state index in [0.717, 1.165) is 0 Å². The second-order valence-corrected chi connectivity index (χ2v) is 7.27. The van der Waals surface area contributed by atoms with Gasteiger partial charge in [0, 0.05) is 12.8 Å². The van der Waals surface area contributed by atoms with Gasteiger partial charge in [0.1, 0.15) is 26.2 Å². The topological polar surface area (TPSA) is 81.7 Å². The highest BCUT2D eigenvalue weighted by molar-refractivity contribution is 7.82. The van der Waals surface area contributed by atoms with Crippen molar-refractivity contribution in [3.63, 3.8) is 0 Å². The monoisotopic (exact) mass is 441 g/mol. The second-order valence-electron chi connectivity index (χ2n) is 6.38. The van der Waals surface area contributed by atoms with Gasteiger partial charge in [0.05, 0.1) is 11.4 Å². The molecule has 0 saturated carbocycles. The maximum Gasteiger partial charge on any atom is 0.497 e. The predicted octanol–water partition coefficient (Wildman–Crippen LogP) is 1.53. The number of hydrogen-bond acceptors (Lipinski definition) is 6. The maximum absolute atomic E-state index is 12.6. The average molecular weight is 441 g/mol. The summed E-state index contributed by atoms with van der Waals surface area (Å²) in [6.07, 6.45) is -11.0. The van der Waals surface area contributed by atoms with E-state index in [2.05, 4.69) is 22.2 Å². The van der Waals surface area contributed by atoms with E-state index in [9.17, 15) is 40.7 Å². The first kappa shape index (κ1) is 24.3. The van der Waals surface area contributed by atoms with Gasteiger partial charge in [-0.3, -0.25) is 9.63 Å². The molecule has 1 saturated heterocycles. The third-order valence-corrected chi connectivity index (χ3v) is 4.87. The van der Waals surface area contributed by atoms with Crippen LogP contribution in [0.25, 0.3) is 0 Å². The van der Waals surface area contributed by atoms with Gasteiger partial charge < -0.3 is 10.1 Å². The number of esters is 1. The van der Waals surface area contributed by atoms with Crippen LogP contribution in [0, 0.1) is 0 Å². The van der Waals surface area contributed by atoms with Crippen molar-refractivity contribution in [3.05, 3.63) is 0 Å². The number of likely N-dealkylation sites (tertiary alicyclic amines) is 1. The molecule has 162 valence electrons. The molecule has 1 aliphatic rings. The number of halogens is 6. The second kappa shape index (κ2) is 8.35. The van der Waals surface area contributed by atoms with Gasteiger partial charge >= 0.3 is 30.2 Å². The predicted molar refractivity (Wildman–Crippen MR) is 83.6 cm³/mol. The molecule has 1 heterocycles. The number of alkyl halides is 6. The Morgan fingerprint density at radius 3 is 2.00 bits per heavy atom. The summed E-state index contributed by atoms with van der Waals surface area (Å²) in [5, 5.41) is 1.53. The number of ether oxygens (including phenoxy) is 1. The van der Waals surface area contributed by atoms with Gasteiger partial charge in [-0.1, -0.05) is 0 Å². The first-order valence-corrected chi connectivity index (χ1v) is 8.41. The molecule has 1 unspecified atom stereocenters. The van der Waals surface area contributed by atoms with Gasteiger partial charge in [0.15, 0.2) is 0 Å². The van der Waals surface area contributed by atoms with Gasteiger partial charge in [0.25, 0.3) is 0 Å². The molecule has 0 aliphatic carbocycles. The summed E-state index contributed by atoms with van der Waals surface area (Å²) in [5.41, 5.74) is 0. The summed E-state index contributed by atoms with van der Waals surface area (Å²) in [6.45, 7) is 0.640. The summed E-state index contributed by atoms with van der Waals surface area (Å²) in [4.78, 5) is 38.8. The van der Waals surface area contributed by atoms with Crippen molar-refractivity contribution in [1.29, 1.82) is 0 Å². The van der Waals surface area contributed by atoms with Crippen LogP contribution < -0.4 is 5.32 Å². The third-order valence-electron chi connectivity index (χ3n) is 4.16. The van der Waals surface area contributed by atoms with Crippen molar-refractivity contribution < 1.29 is 54.9 Å². The van der Waals surface area contributed by atoms with Gasteiger partial charge in [-0.05, 0) is 6.92 Å². The number of nitrogens with one attached hydrogen (secondary N) is 1. The number of hydrogen-bond donors (Lipinski definition) is 2. The summed E-state index contributed by atoms with van der Waals surface area (Å²) < 4.78 is 77.2. The first-order chi connectivity index (χ1) is 12.5. The van der Waals surface area contributed by atoms with Crippen LogP contribution in [0.1, 0.15) is 19.8 Å². The van der Waals surface area contributed by atoms with Crippen molar-refractivity contribution in [2.24, 2.45) is 0 Å². The van der Waals surface area contributed by atoms with Gasteiger partial charge in [-0.2, -0.15) is 39.0 Å². The molecule has 1 fully saturated rings. The highest BCUT2D eigenvalue weighted by Crippen LogP contribution is 2.36. The highest BCUT2D eigenvalue weighted by Gasteiger charge is 2.54. The van der Waals surface area contributed by atoms with E-state index in [-0.39, 0.29) is 32.5 Å². The number of carbonyl (C=O) groups excluding carboxylic acids is 3. The van der Waals surface area contributed by atoms with Crippen molar-refractivity contribution in [2.75, 3.05) is 26.7 Å². The lowest BCUT2D eigenvalue weighted by atomic mass is 9.87. The number of nitrogens with zero attached hydrogens (tertiary/aromatic N) is 1. The molecule has 0 bridgehead atoms. The standard InChI is InChI=1S/C14H18F6N2O5S/c1-3-26-9(23)8(21-10(24)13(15,16)17)12(28)4-6-22(2,7-5-12)27-11(25)14(18,19)20/h8H,3-7H2,1-2H3,(H-,21,24,28)/p+1. The van der Waals surface area contributed by atoms with Crippen LogP contribution in [0.5, 0.6) is 0 Å². The fourth-order valence-electron chi connectivity index (χ4n) is 2.58. The number of piperidine rings is 1. The zero-order chi connectivity index (χ0) is 22.0. The summed E-state index contributed by atoms with van der Waals surface area (Å²) in [7, 11) is 1.17. The van der Waals surface area contributed by atoms with E-state index < -0.39 is 45.6 Å². The number of carbonyl (C=O) groups is 3. The van der Waals surface area contributed by atoms with Crippen LogP contribution in [-0.4, -0.2) is 72.4 Å². The van der Waals surface area contributed by atoms with Gasteiger partial charge in [-0.25, -0.2) is 9.59 Å². The lowest BCUT2D eigenvalue weighted by molar-refractivity contribution is -1.08. The number of amides is 1. The SMILES string of the molecule is CCOC(=O)C(NC(=O)C(F)(F)F)C1(S)CC[N+](C)(OC(=O)C(F)(F)F)CC1. The van der Waals surface area contributed by atoms with Crippen molar-refractivity contribution in [1.82, 2.24) is 5.32 Å². The highest BCUT2D eigenvalue weighted by atomic mass is 32.1. The van der Waals surface area contributed by atoms with Crippen LogP contribution in [0.4, 0.5) is 26.3 Å². The molecule has 1 aliphatic heterocycles. The fourth-order valence-corrected chi connectivity index (χ4v) is 2.95. The molecular weight excluding hydrogens is 422 g/mol. The number of rotatable bonds is 5. The minimum absolute atomic E-state index is 0.182. The first-order valence-electron chi connectivity index (χ1n) is 7.96. The van der Waals surface area contributed by atoms with Crippen molar-refractivity contribution in [2.45, 2.75) is 42.9 Å². The molecule has 28 heavy (non-hydrogen) atoms. The van der Waals surface area contributed by atoms with Crippen molar-refractivity contribution >= 4 is 30.5 Å². The van der Waals surface area contributed by atoms with E-state index in [4.69, 9.17) is 0 Å². The Morgan fingerprint density at radius 2 is 1.61 bits per heavy atom. The molecule has 1 amide bonds. The Morgan fingerprint density at radius 1 is 1.11 bits per heavy atom. The van der Waals surface area contributed by atoms with E-state index in [1.165, 1.54) is 19.3 Å². The summed E-state index contributed by atoms with van der Waals surface area (Å²) in [6, 6.07) is -1.81. The Bertz CT molecular complexity index is 616. The minimum atomic E-state index is -5.27. The third kappa shape index (κ3) is 6.15. The molecule has 0 aromatic heterocycles. The van der Waals surface area contributed by atoms with Crippen LogP contribution in [0.3, 0.4) is 0 Å². The normalized spacial score (nSPS) is 26.9. The zero-order valence-electron chi connectivity index (χ0n) is 14.8. The molecule has 1 atom stereocenters. The Kier molecular flexibility index (Phi) is 7.26. The molecule has 0 aromatic rings. The summed E-state index contributed by atoms with van der Waals surface area (Å²) >= 11 is 4.22. The molecule has 0 spiro atoms. The fraction of sp³-hybridized carbons (Fsp3) is 0.786. The van der Waals surface area contributed by atoms with E-state index in [1.54, 1.807) is 0 Å². The lowest BCUT2D eigenvalue weighted by Crippen LogP contribution is -2.63. The average Bonchev–Trinajstić information content (AvgIpc) is 2.54. The molecule has 1 rings (SSSR count). The quantitative estimate of drug-likeness (QED) is 0.293. The lowest BCUT2D eigenvalue weighted by Gasteiger charge is -2.44. The Labute approximate surface area is 161 Å². The molecular formula is C14H19F6N2O5S+. The Balaban J connectivity index is 2.97. The molecule has 1 N–H and O–H groups in total. The molecule has 14 heteroatoms. The van der Waals surface area contributed by atoms with Gasteiger partial charge in [0.2, 0.25) is 0 Å². The maximum atomic E-state index is 12.6. The van der Waals surface area contributed by atoms with Crippen LogP contribution in [0.2, 0.25) is 0 Å². The zero-order valence-corrected chi connectivity index (χ0v) is 15.7. The minimum Gasteiger partial charge on any atom is -0.464 e. The summed E-state index contributed by atoms with van der Waals surface area (Å²) in [5.74, 6) is -5.97. The molecule has 0 radical (unpaired) electrons. The van der Waals surface area contributed by atoms with E-state index in [1.807, 2.05) is 0 Å². The number of quaternary nitrogens is 1. The van der Waals surface area contributed by atoms with Crippen LogP contribution in [-0.2, 0) is 24.0 Å². The van der Waals surface area contributed by atoms with E-state index in [0.29, 0.717) is 0 Å². The van der Waals surface area contributed by atoms with Crippen LogP contribution in [0.15, 0.2) is 0 Å². The number of hydroxylamine groups is 3. The van der Waals surface area contributed by atoms with E-state index >= 15 is 0 Å². The molecule has 0 aromatic carbocycles. The van der Waals surface area contributed by atoms with Gasteiger partial charge in [-0.15, -0.1) is 4.65 Å². The van der Waals surface area contributed by atoms with Crippen LogP contribution >= 0.6 is 12.6 Å². The Hall–Kier alpha value is -1.70. The number of thiol groups is 1.